The van der Waals surface area contributed by atoms with Gasteiger partial charge in [0, 0.05) is 12.3 Å². The molecule has 3 atom stereocenters. The van der Waals surface area contributed by atoms with E-state index in [1.54, 1.807) is 0 Å². The Morgan fingerprint density at radius 2 is 2.38 bits per heavy atom. The van der Waals surface area contributed by atoms with Crippen molar-refractivity contribution in [1.29, 1.82) is 0 Å². The molecule has 0 aromatic rings. The number of hydrogen-bond acceptors (Lipinski definition) is 0. The molecule has 8 heavy (non-hydrogen) atoms. The summed E-state index contributed by atoms with van der Waals surface area (Å²) < 4.78 is 0. The quantitative estimate of drug-likeness (QED) is 0.412. The van der Waals surface area contributed by atoms with Gasteiger partial charge in [-0.25, -0.2) is 0 Å². The van der Waals surface area contributed by atoms with Gasteiger partial charge in [0.1, 0.15) is 0 Å². The van der Waals surface area contributed by atoms with Gasteiger partial charge in [-0.1, -0.05) is 12.8 Å². The highest BCUT2D eigenvalue weighted by atomic mass is 14.4. The zero-order chi connectivity index (χ0) is 5.56. The minimum atomic E-state index is 0.716. The molecule has 0 bridgehead atoms. The van der Waals surface area contributed by atoms with E-state index in [9.17, 15) is 0 Å². The van der Waals surface area contributed by atoms with Gasteiger partial charge in [-0.05, 0) is 18.3 Å². The second-order valence-corrected chi connectivity index (χ2v) is 2.97. The van der Waals surface area contributed by atoms with Crippen LogP contribution in [0.3, 0.4) is 0 Å². The third-order valence-corrected chi connectivity index (χ3v) is 2.31. The third-order valence-electron chi connectivity index (χ3n) is 2.31. The average molecular weight is 106 g/mol. The Morgan fingerprint density at radius 1 is 1.50 bits per heavy atom. The smallest absolute Gasteiger partial charge is 0.0205 e. The molecular weight excluding hydrogens is 96.1 g/mol. The van der Waals surface area contributed by atoms with Crippen LogP contribution in [-0.4, -0.2) is 0 Å². The molecule has 0 aromatic heterocycles. The molecule has 0 N–H and O–H groups in total. The van der Waals surface area contributed by atoms with Crippen LogP contribution in [0.2, 0.25) is 0 Å². The highest BCUT2D eigenvalue weighted by Crippen LogP contribution is 2.47. The molecule has 2 aliphatic rings. The highest BCUT2D eigenvalue weighted by molar-refractivity contribution is 5.16. The van der Waals surface area contributed by atoms with E-state index >= 15 is 0 Å². The third kappa shape index (κ3) is 0.478. The molecule has 2 rings (SSSR count). The molecule has 0 heteroatoms. The van der Waals surface area contributed by atoms with Crippen LogP contribution in [-0.2, 0) is 0 Å². The first-order valence-corrected chi connectivity index (χ1v) is 3.36. The molecule has 3 unspecified atom stereocenters. The van der Waals surface area contributed by atoms with Gasteiger partial charge in [0.2, 0.25) is 0 Å². The van der Waals surface area contributed by atoms with Crippen molar-refractivity contribution in [2.24, 2.45) is 17.8 Å². The molecule has 0 spiro atoms. The molecular formula is C8H10. The van der Waals surface area contributed by atoms with Gasteiger partial charge in [-0.15, -0.1) is 5.92 Å². The monoisotopic (exact) mass is 106 g/mol. The van der Waals surface area contributed by atoms with Crippen molar-refractivity contribution in [3.05, 3.63) is 0 Å². The van der Waals surface area contributed by atoms with E-state index in [-0.39, 0.29) is 0 Å². The fourth-order valence-corrected chi connectivity index (χ4v) is 1.58. The maximum absolute atomic E-state index is 3.22. The van der Waals surface area contributed by atoms with E-state index < -0.39 is 0 Å². The Bertz CT molecular complexity index is 159. The summed E-state index contributed by atoms with van der Waals surface area (Å²) >= 11 is 0. The van der Waals surface area contributed by atoms with E-state index in [2.05, 4.69) is 18.8 Å². The molecule has 0 saturated heterocycles. The molecule has 42 valence electrons. The highest BCUT2D eigenvalue weighted by Gasteiger charge is 2.41. The largest absolute Gasteiger partial charge is 0.103 e. The average Bonchev–Trinajstić information content (AvgIpc) is 2.45. The van der Waals surface area contributed by atoms with Crippen molar-refractivity contribution in [3.8, 4) is 11.8 Å². The first-order valence-electron chi connectivity index (χ1n) is 3.36. The van der Waals surface area contributed by atoms with Crippen LogP contribution < -0.4 is 0 Å². The molecule has 0 nitrogen and oxygen atoms in total. The van der Waals surface area contributed by atoms with E-state index in [1.165, 1.54) is 12.8 Å². The molecule has 0 heterocycles. The van der Waals surface area contributed by atoms with Gasteiger partial charge in [-0.2, -0.15) is 0 Å². The number of fused-ring (bicyclic) bond motifs is 1. The van der Waals surface area contributed by atoms with Gasteiger partial charge in [0.15, 0.2) is 0 Å². The topological polar surface area (TPSA) is 0 Å². The van der Waals surface area contributed by atoms with Gasteiger partial charge < -0.3 is 0 Å². The lowest BCUT2D eigenvalue weighted by Gasteiger charge is -2.03. The Morgan fingerprint density at radius 3 is 3.00 bits per heavy atom. The van der Waals surface area contributed by atoms with E-state index in [1.807, 2.05) is 0 Å². The van der Waals surface area contributed by atoms with Crippen LogP contribution >= 0.6 is 0 Å². The number of hydrogen-bond donors (Lipinski definition) is 0. The summed E-state index contributed by atoms with van der Waals surface area (Å²) in [6.07, 6.45) is 2.64. The van der Waals surface area contributed by atoms with Crippen molar-refractivity contribution in [2.75, 3.05) is 0 Å². The minimum Gasteiger partial charge on any atom is -0.103 e. The molecule has 1 saturated carbocycles. The summed E-state index contributed by atoms with van der Waals surface area (Å²) in [5.41, 5.74) is 0. The fourth-order valence-electron chi connectivity index (χ4n) is 1.58. The molecule has 0 radical (unpaired) electrons. The zero-order valence-electron chi connectivity index (χ0n) is 5.15. The fraction of sp³-hybridized carbons (Fsp3) is 0.750. The van der Waals surface area contributed by atoms with Crippen molar-refractivity contribution < 1.29 is 0 Å². The van der Waals surface area contributed by atoms with Crippen LogP contribution in [0.1, 0.15) is 19.8 Å². The molecule has 2 aliphatic carbocycles. The van der Waals surface area contributed by atoms with Crippen LogP contribution in [0, 0.1) is 29.6 Å². The lowest BCUT2D eigenvalue weighted by Crippen LogP contribution is -1.98. The zero-order valence-corrected chi connectivity index (χ0v) is 5.15. The van der Waals surface area contributed by atoms with Crippen LogP contribution in [0.4, 0.5) is 0 Å². The van der Waals surface area contributed by atoms with E-state index in [0.29, 0.717) is 5.92 Å². The summed E-state index contributed by atoms with van der Waals surface area (Å²) in [4.78, 5) is 0. The maximum atomic E-state index is 3.22. The second kappa shape index (κ2) is 1.29. The molecule has 0 amide bonds. The van der Waals surface area contributed by atoms with E-state index in [0.717, 1.165) is 11.8 Å². The first kappa shape index (κ1) is 4.44. The minimum absolute atomic E-state index is 0.716. The second-order valence-electron chi connectivity index (χ2n) is 2.97. The summed E-state index contributed by atoms with van der Waals surface area (Å²) in [6.45, 7) is 2.25. The summed E-state index contributed by atoms with van der Waals surface area (Å²) in [7, 11) is 0. The van der Waals surface area contributed by atoms with Crippen molar-refractivity contribution in [2.45, 2.75) is 19.8 Å². The number of rotatable bonds is 0. The van der Waals surface area contributed by atoms with Crippen LogP contribution in [0.5, 0.6) is 0 Å². The predicted molar refractivity (Wildman–Crippen MR) is 33.2 cm³/mol. The van der Waals surface area contributed by atoms with Gasteiger partial charge in [0.25, 0.3) is 0 Å². The van der Waals surface area contributed by atoms with Gasteiger partial charge >= 0.3 is 0 Å². The maximum Gasteiger partial charge on any atom is 0.0205 e. The summed E-state index contributed by atoms with van der Waals surface area (Å²) in [5, 5.41) is 0. The molecule has 0 aliphatic heterocycles. The molecule has 1 fully saturated rings. The Hall–Kier alpha value is -0.440. The Kier molecular flexibility index (Phi) is 0.713. The predicted octanol–water partition coefficient (Wildman–Crippen LogP) is 1.67. The standard InChI is InChI=1S/C8H10/c1-6-3-2-4-7-5-8(6)7/h6-8H,4-5H2,1H3. The Balaban J connectivity index is 2.19. The van der Waals surface area contributed by atoms with Crippen molar-refractivity contribution >= 4 is 0 Å². The van der Waals surface area contributed by atoms with Crippen LogP contribution in [0.25, 0.3) is 0 Å². The van der Waals surface area contributed by atoms with Gasteiger partial charge in [-0.3, -0.25) is 0 Å². The summed E-state index contributed by atoms with van der Waals surface area (Å²) in [6, 6.07) is 0. The SMILES string of the molecule is CC1C#CCC2CC12. The van der Waals surface area contributed by atoms with Crippen molar-refractivity contribution in [1.82, 2.24) is 0 Å². The lowest BCUT2D eigenvalue weighted by atomic mass is 10.0. The van der Waals surface area contributed by atoms with Crippen molar-refractivity contribution in [3.63, 3.8) is 0 Å². The Labute approximate surface area is 50.3 Å². The lowest BCUT2D eigenvalue weighted by molar-refractivity contribution is 0.575. The van der Waals surface area contributed by atoms with Crippen LogP contribution in [0.15, 0.2) is 0 Å². The molecule has 0 aromatic carbocycles. The first-order chi connectivity index (χ1) is 3.88. The van der Waals surface area contributed by atoms with Gasteiger partial charge in [0.05, 0.1) is 0 Å². The normalized spacial score (nSPS) is 48.9. The van der Waals surface area contributed by atoms with E-state index in [4.69, 9.17) is 0 Å². The summed E-state index contributed by atoms with van der Waals surface area (Å²) in [5.74, 6) is 9.12.